The number of H-pyrrole nitrogens is 1. The summed E-state index contributed by atoms with van der Waals surface area (Å²) >= 11 is 1.27. The highest BCUT2D eigenvalue weighted by Gasteiger charge is 2.35. The van der Waals surface area contributed by atoms with Gasteiger partial charge in [-0.2, -0.15) is 4.31 Å². The van der Waals surface area contributed by atoms with E-state index in [1.165, 1.54) is 30.5 Å². The van der Waals surface area contributed by atoms with Gasteiger partial charge in [0, 0.05) is 25.2 Å². The normalized spacial score (nSPS) is 16.8. The molecule has 16 heteroatoms. The second kappa shape index (κ2) is 9.13. The standard InChI is InChI=1S/C20H23N9O4S3/c1-29(10-11-4-3-9-23-11)36(32,33)15-8-7-12(13-5-2-6-14-17(13)24-20(21)34-14)16(18(15)35(22,30)31)19-25-27-28-26-19/h2,5-8,11,23H,3-4,9-10H2,1H3,(H2,21,24)(H2,22,30,31)(H,25,26,27,28)/t11-/m0/s1. The van der Waals surface area contributed by atoms with Crippen molar-refractivity contribution in [2.24, 2.45) is 5.14 Å². The second-order valence-electron chi connectivity index (χ2n) is 8.39. The molecule has 190 valence electrons. The zero-order valence-electron chi connectivity index (χ0n) is 19.0. The van der Waals surface area contributed by atoms with Crippen molar-refractivity contribution in [3.05, 3.63) is 30.3 Å². The van der Waals surface area contributed by atoms with Crippen molar-refractivity contribution in [3.63, 3.8) is 0 Å². The van der Waals surface area contributed by atoms with E-state index in [1.54, 1.807) is 12.1 Å². The van der Waals surface area contributed by atoms with Gasteiger partial charge in [-0.25, -0.2) is 32.1 Å². The molecule has 4 aromatic rings. The van der Waals surface area contributed by atoms with Crippen LogP contribution in [-0.2, 0) is 20.0 Å². The lowest BCUT2D eigenvalue weighted by molar-refractivity contribution is 0.416. The van der Waals surface area contributed by atoms with Crippen LogP contribution in [0.5, 0.6) is 0 Å². The lowest BCUT2D eigenvalue weighted by Crippen LogP contribution is -2.39. The van der Waals surface area contributed by atoms with Crippen molar-refractivity contribution in [2.75, 3.05) is 25.9 Å². The molecule has 1 aliphatic rings. The van der Waals surface area contributed by atoms with Gasteiger partial charge in [0.15, 0.2) is 11.0 Å². The summed E-state index contributed by atoms with van der Waals surface area (Å²) in [5.41, 5.74) is 7.21. The molecule has 3 heterocycles. The molecule has 0 radical (unpaired) electrons. The quantitative estimate of drug-likeness (QED) is 0.254. The van der Waals surface area contributed by atoms with Crippen LogP contribution in [0, 0.1) is 0 Å². The summed E-state index contributed by atoms with van der Waals surface area (Å²) in [6.07, 6.45) is 1.75. The highest BCUT2D eigenvalue weighted by molar-refractivity contribution is 7.92. The van der Waals surface area contributed by atoms with Crippen LogP contribution in [0.1, 0.15) is 12.8 Å². The molecule has 5 rings (SSSR count). The van der Waals surface area contributed by atoms with E-state index in [9.17, 15) is 16.8 Å². The number of aromatic nitrogens is 5. The Hall–Kier alpha value is -3.02. The van der Waals surface area contributed by atoms with Gasteiger partial charge in [-0.1, -0.05) is 29.5 Å². The number of anilines is 1. The van der Waals surface area contributed by atoms with Crippen molar-refractivity contribution in [3.8, 4) is 22.5 Å². The Kier molecular flexibility index (Phi) is 6.26. The van der Waals surface area contributed by atoms with Crippen LogP contribution < -0.4 is 16.2 Å². The number of hydrogen-bond acceptors (Lipinski definition) is 11. The first-order valence-electron chi connectivity index (χ1n) is 10.9. The second-order valence-corrected chi connectivity index (χ2v) is 13.0. The fraction of sp³-hybridized carbons (Fsp3) is 0.300. The number of para-hydroxylation sites is 1. The first kappa shape index (κ1) is 24.7. The summed E-state index contributed by atoms with van der Waals surface area (Å²) in [5, 5.41) is 22.8. The molecule has 1 atom stereocenters. The molecule has 36 heavy (non-hydrogen) atoms. The monoisotopic (exact) mass is 549 g/mol. The summed E-state index contributed by atoms with van der Waals surface area (Å²) in [4.78, 5) is 3.31. The SMILES string of the molecule is CN(C[C@@H]1CCCN1)S(=O)(=O)c1ccc(-c2cccc3sc(N)nc23)c(-c2nnn[nH]2)c1S(N)(=O)=O. The highest BCUT2D eigenvalue weighted by Crippen LogP contribution is 2.42. The smallest absolute Gasteiger partial charge is 0.244 e. The fourth-order valence-electron chi connectivity index (χ4n) is 4.45. The molecule has 6 N–H and O–H groups in total. The summed E-state index contributed by atoms with van der Waals surface area (Å²) in [7, 11) is -7.46. The zero-order chi connectivity index (χ0) is 25.7. The minimum absolute atomic E-state index is 0.0346. The molecule has 0 saturated carbocycles. The number of nitrogens with zero attached hydrogens (tertiary/aromatic N) is 5. The maximum Gasteiger partial charge on any atom is 0.244 e. The Morgan fingerprint density at radius 3 is 2.64 bits per heavy atom. The lowest BCUT2D eigenvalue weighted by atomic mass is 9.98. The van der Waals surface area contributed by atoms with E-state index in [0.717, 1.165) is 28.4 Å². The van der Waals surface area contributed by atoms with Crippen molar-refractivity contribution in [2.45, 2.75) is 28.7 Å². The number of sulfonamides is 2. The number of hydrogen-bond donors (Lipinski definition) is 4. The topological polar surface area (TPSA) is 203 Å². The summed E-state index contributed by atoms with van der Waals surface area (Å²) in [5.74, 6) is -0.0635. The Morgan fingerprint density at radius 1 is 1.17 bits per heavy atom. The number of likely N-dealkylation sites (N-methyl/N-ethyl adjacent to an activating group) is 1. The highest BCUT2D eigenvalue weighted by atomic mass is 32.2. The van der Waals surface area contributed by atoms with Crippen molar-refractivity contribution < 1.29 is 16.8 Å². The average molecular weight is 550 g/mol. The number of thiazole rings is 1. The number of fused-ring (bicyclic) bond motifs is 1. The van der Waals surface area contributed by atoms with Gasteiger partial charge in [-0.15, -0.1) is 5.10 Å². The maximum atomic E-state index is 13.7. The number of nitrogens with two attached hydrogens (primary N) is 2. The number of nitrogens with one attached hydrogen (secondary N) is 2. The van der Waals surface area contributed by atoms with Crippen LogP contribution in [0.3, 0.4) is 0 Å². The minimum Gasteiger partial charge on any atom is -0.375 e. The van der Waals surface area contributed by atoms with Gasteiger partial charge in [0.2, 0.25) is 20.0 Å². The van der Waals surface area contributed by atoms with Crippen molar-refractivity contribution in [1.82, 2.24) is 35.2 Å². The molecule has 0 aliphatic carbocycles. The lowest BCUT2D eigenvalue weighted by Gasteiger charge is -2.23. The number of tetrazole rings is 1. The van der Waals surface area contributed by atoms with E-state index in [0.29, 0.717) is 21.8 Å². The van der Waals surface area contributed by atoms with E-state index < -0.39 is 29.8 Å². The van der Waals surface area contributed by atoms with Gasteiger partial charge in [0.05, 0.1) is 15.8 Å². The third-order valence-electron chi connectivity index (χ3n) is 6.04. The molecule has 1 saturated heterocycles. The Morgan fingerprint density at radius 2 is 1.97 bits per heavy atom. The van der Waals surface area contributed by atoms with Crippen LogP contribution in [0.4, 0.5) is 5.13 Å². The van der Waals surface area contributed by atoms with Gasteiger partial charge < -0.3 is 11.1 Å². The molecule has 0 spiro atoms. The number of nitrogen functional groups attached to an aromatic ring is 1. The van der Waals surface area contributed by atoms with Crippen LogP contribution in [0.25, 0.3) is 32.7 Å². The maximum absolute atomic E-state index is 13.7. The minimum atomic E-state index is -4.59. The average Bonchev–Trinajstić information content (AvgIpc) is 3.58. The van der Waals surface area contributed by atoms with E-state index in [2.05, 4.69) is 30.9 Å². The molecule has 1 aliphatic heterocycles. The molecule has 0 unspecified atom stereocenters. The summed E-state index contributed by atoms with van der Waals surface area (Å²) < 4.78 is 55.2. The van der Waals surface area contributed by atoms with Crippen LogP contribution >= 0.6 is 11.3 Å². The molecule has 0 bridgehead atoms. The number of aromatic amines is 1. The predicted octanol–water partition coefficient (Wildman–Crippen LogP) is 0.746. The van der Waals surface area contributed by atoms with Gasteiger partial charge in [0.1, 0.15) is 9.79 Å². The van der Waals surface area contributed by atoms with Gasteiger partial charge in [-0.05, 0) is 47.5 Å². The van der Waals surface area contributed by atoms with Crippen LogP contribution in [0.2, 0.25) is 0 Å². The largest absolute Gasteiger partial charge is 0.375 e. The predicted molar refractivity (Wildman–Crippen MR) is 135 cm³/mol. The molecule has 2 aromatic heterocycles. The van der Waals surface area contributed by atoms with Gasteiger partial charge in [-0.3, -0.25) is 0 Å². The Bertz CT molecular complexity index is 1650. The van der Waals surface area contributed by atoms with Crippen LogP contribution in [0.15, 0.2) is 40.1 Å². The molecule has 0 amide bonds. The third kappa shape index (κ3) is 4.35. The Balaban J connectivity index is 1.79. The number of rotatable bonds is 7. The molecular formula is C20H23N9O4S3. The van der Waals surface area contributed by atoms with E-state index in [-0.39, 0.29) is 24.0 Å². The first-order valence-corrected chi connectivity index (χ1v) is 14.7. The van der Waals surface area contributed by atoms with E-state index in [1.807, 2.05) is 6.07 Å². The molecular weight excluding hydrogens is 526 g/mol. The van der Waals surface area contributed by atoms with Crippen molar-refractivity contribution >= 4 is 46.7 Å². The zero-order valence-corrected chi connectivity index (χ0v) is 21.5. The molecule has 13 nitrogen and oxygen atoms in total. The van der Waals surface area contributed by atoms with Gasteiger partial charge in [0.25, 0.3) is 0 Å². The molecule has 2 aromatic carbocycles. The number of primary sulfonamides is 1. The summed E-state index contributed by atoms with van der Waals surface area (Å²) in [6.45, 7) is 0.968. The van der Waals surface area contributed by atoms with Crippen molar-refractivity contribution in [1.29, 1.82) is 0 Å². The Labute approximate surface area is 211 Å². The number of benzene rings is 2. The van der Waals surface area contributed by atoms with Crippen LogP contribution in [-0.4, -0.2) is 72.9 Å². The third-order valence-corrected chi connectivity index (χ3v) is 9.88. The van der Waals surface area contributed by atoms with Gasteiger partial charge >= 0.3 is 0 Å². The van der Waals surface area contributed by atoms with E-state index >= 15 is 0 Å². The van der Waals surface area contributed by atoms with E-state index in [4.69, 9.17) is 10.9 Å². The fourth-order valence-corrected chi connectivity index (χ4v) is 8.00. The summed E-state index contributed by atoms with van der Waals surface area (Å²) in [6, 6.07) is 8.03. The molecule has 1 fully saturated rings. The first-order chi connectivity index (χ1) is 17.1.